The summed E-state index contributed by atoms with van der Waals surface area (Å²) in [5.41, 5.74) is 0. The summed E-state index contributed by atoms with van der Waals surface area (Å²) in [6.07, 6.45) is 21.5. The molecule has 0 aromatic heterocycles. The number of hydrogen-bond donors (Lipinski definition) is 0. The van der Waals surface area contributed by atoms with Crippen LogP contribution in [0.5, 0.6) is 0 Å². The zero-order chi connectivity index (χ0) is 10.8. The first-order valence-corrected chi connectivity index (χ1v) is 7.30. The second kappa shape index (κ2) is 4.77. The Kier molecular flexibility index (Phi) is 3.17. The van der Waals surface area contributed by atoms with Crippen LogP contribution < -0.4 is 0 Å². The standard InChI is InChI=1S/C16H24/c1-2-6-10-14-13(9-5-1)15-11-7-3-4-8-12-16(14)15/h5,7,9,11,13-16H,1-4,6,8,10,12H2/b9-5-,11-7-/t13-,14-,15-,16+/m0/s1. The molecule has 0 bridgehead atoms. The van der Waals surface area contributed by atoms with E-state index in [4.69, 9.17) is 0 Å². The van der Waals surface area contributed by atoms with Crippen molar-refractivity contribution in [2.24, 2.45) is 23.7 Å². The molecule has 0 spiro atoms. The largest absolute Gasteiger partial charge is 0.0882 e. The van der Waals surface area contributed by atoms with E-state index in [1.54, 1.807) is 0 Å². The number of fused-ring (bicyclic) bond motifs is 4. The van der Waals surface area contributed by atoms with E-state index in [-0.39, 0.29) is 0 Å². The van der Waals surface area contributed by atoms with E-state index in [0.717, 1.165) is 23.7 Å². The highest BCUT2D eigenvalue weighted by molar-refractivity contribution is 5.13. The van der Waals surface area contributed by atoms with Gasteiger partial charge in [-0.2, -0.15) is 0 Å². The van der Waals surface area contributed by atoms with Gasteiger partial charge in [-0.25, -0.2) is 0 Å². The predicted molar refractivity (Wildman–Crippen MR) is 69.2 cm³/mol. The van der Waals surface area contributed by atoms with E-state index in [2.05, 4.69) is 24.3 Å². The van der Waals surface area contributed by atoms with Crippen LogP contribution in [0.15, 0.2) is 24.3 Å². The molecule has 16 heavy (non-hydrogen) atoms. The van der Waals surface area contributed by atoms with Gasteiger partial charge in [-0.3, -0.25) is 0 Å². The molecule has 0 N–H and O–H groups in total. The van der Waals surface area contributed by atoms with E-state index in [1.165, 1.54) is 51.4 Å². The van der Waals surface area contributed by atoms with Crippen LogP contribution >= 0.6 is 0 Å². The smallest absolute Gasteiger partial charge is 0.0137 e. The highest BCUT2D eigenvalue weighted by atomic mass is 14.5. The number of rotatable bonds is 0. The maximum absolute atomic E-state index is 2.55. The van der Waals surface area contributed by atoms with Gasteiger partial charge >= 0.3 is 0 Å². The fourth-order valence-corrected chi connectivity index (χ4v) is 4.14. The van der Waals surface area contributed by atoms with Gasteiger partial charge in [0.2, 0.25) is 0 Å². The summed E-state index contributed by atoms with van der Waals surface area (Å²) in [7, 11) is 0. The van der Waals surface area contributed by atoms with Gasteiger partial charge in [0.05, 0.1) is 0 Å². The highest BCUT2D eigenvalue weighted by Gasteiger charge is 2.46. The van der Waals surface area contributed by atoms with Crippen molar-refractivity contribution in [1.82, 2.24) is 0 Å². The van der Waals surface area contributed by atoms with Crippen molar-refractivity contribution in [3.8, 4) is 0 Å². The first-order chi connectivity index (χ1) is 7.97. The molecule has 3 aliphatic carbocycles. The van der Waals surface area contributed by atoms with E-state index in [0.29, 0.717) is 0 Å². The molecule has 0 amide bonds. The van der Waals surface area contributed by atoms with Gasteiger partial charge in [-0.15, -0.1) is 0 Å². The van der Waals surface area contributed by atoms with Crippen molar-refractivity contribution < 1.29 is 0 Å². The summed E-state index contributed by atoms with van der Waals surface area (Å²) in [6.45, 7) is 0. The molecule has 1 fully saturated rings. The van der Waals surface area contributed by atoms with Gasteiger partial charge in [0.15, 0.2) is 0 Å². The third-order valence-corrected chi connectivity index (χ3v) is 5.02. The number of allylic oxidation sites excluding steroid dienone is 4. The molecule has 0 heterocycles. The molecule has 3 rings (SSSR count). The summed E-state index contributed by atoms with van der Waals surface area (Å²) in [4.78, 5) is 0. The minimum absolute atomic E-state index is 0.902. The van der Waals surface area contributed by atoms with Crippen LogP contribution in [-0.2, 0) is 0 Å². The molecular weight excluding hydrogens is 192 g/mol. The molecule has 0 aromatic carbocycles. The second-order valence-corrected chi connectivity index (χ2v) is 5.91. The maximum atomic E-state index is 2.55. The summed E-state index contributed by atoms with van der Waals surface area (Å²) in [6, 6.07) is 0. The third-order valence-electron chi connectivity index (χ3n) is 5.02. The molecule has 0 heteroatoms. The fourth-order valence-electron chi connectivity index (χ4n) is 4.14. The van der Waals surface area contributed by atoms with E-state index in [1.807, 2.05) is 0 Å². The fraction of sp³-hybridized carbons (Fsp3) is 0.750. The van der Waals surface area contributed by atoms with E-state index in [9.17, 15) is 0 Å². The Hall–Kier alpha value is -0.520. The van der Waals surface area contributed by atoms with Gasteiger partial charge in [-0.1, -0.05) is 37.1 Å². The summed E-state index contributed by atoms with van der Waals surface area (Å²) >= 11 is 0. The van der Waals surface area contributed by atoms with Crippen molar-refractivity contribution in [1.29, 1.82) is 0 Å². The second-order valence-electron chi connectivity index (χ2n) is 5.91. The van der Waals surface area contributed by atoms with Crippen LogP contribution in [-0.4, -0.2) is 0 Å². The molecule has 88 valence electrons. The Balaban J connectivity index is 1.77. The molecule has 0 aromatic rings. The Bertz CT molecular complexity index is 256. The molecule has 4 atom stereocenters. The Morgan fingerprint density at radius 2 is 1.12 bits per heavy atom. The average Bonchev–Trinajstić information content (AvgIpc) is 2.23. The third kappa shape index (κ3) is 1.87. The maximum Gasteiger partial charge on any atom is -0.0137 e. The van der Waals surface area contributed by atoms with Crippen molar-refractivity contribution in [3.05, 3.63) is 24.3 Å². The van der Waals surface area contributed by atoms with Gasteiger partial charge in [-0.05, 0) is 62.2 Å². The minimum Gasteiger partial charge on any atom is -0.0882 e. The van der Waals surface area contributed by atoms with E-state index < -0.39 is 0 Å². The van der Waals surface area contributed by atoms with Gasteiger partial charge in [0.25, 0.3) is 0 Å². The first kappa shape index (κ1) is 10.6. The molecule has 0 unspecified atom stereocenters. The molecule has 0 radical (unpaired) electrons. The zero-order valence-electron chi connectivity index (χ0n) is 10.3. The number of hydrogen-bond acceptors (Lipinski definition) is 0. The van der Waals surface area contributed by atoms with Crippen LogP contribution in [0.4, 0.5) is 0 Å². The molecule has 0 nitrogen and oxygen atoms in total. The van der Waals surface area contributed by atoms with E-state index >= 15 is 0 Å². The van der Waals surface area contributed by atoms with Crippen LogP contribution in [0.1, 0.15) is 51.4 Å². The van der Waals surface area contributed by atoms with Crippen LogP contribution in [0, 0.1) is 23.7 Å². The van der Waals surface area contributed by atoms with Crippen molar-refractivity contribution >= 4 is 0 Å². The summed E-state index contributed by atoms with van der Waals surface area (Å²) < 4.78 is 0. The topological polar surface area (TPSA) is 0 Å². The molecule has 0 saturated heterocycles. The Labute approximate surface area is 99.8 Å². The lowest BCUT2D eigenvalue weighted by Gasteiger charge is -2.52. The van der Waals surface area contributed by atoms with Crippen LogP contribution in [0.2, 0.25) is 0 Å². The predicted octanol–water partition coefficient (Wildman–Crippen LogP) is 4.73. The van der Waals surface area contributed by atoms with Crippen molar-refractivity contribution in [2.75, 3.05) is 0 Å². The Morgan fingerprint density at radius 3 is 1.62 bits per heavy atom. The lowest BCUT2D eigenvalue weighted by molar-refractivity contribution is 0.0227. The summed E-state index contributed by atoms with van der Waals surface area (Å²) in [5, 5.41) is 0. The molecule has 1 saturated carbocycles. The summed E-state index contributed by atoms with van der Waals surface area (Å²) in [5.74, 6) is 3.87. The van der Waals surface area contributed by atoms with Gasteiger partial charge in [0.1, 0.15) is 0 Å². The molecule has 0 aliphatic heterocycles. The highest BCUT2D eigenvalue weighted by Crippen LogP contribution is 2.53. The van der Waals surface area contributed by atoms with Crippen molar-refractivity contribution in [2.45, 2.75) is 51.4 Å². The lowest BCUT2D eigenvalue weighted by Crippen LogP contribution is -2.45. The van der Waals surface area contributed by atoms with Gasteiger partial charge < -0.3 is 0 Å². The Morgan fingerprint density at radius 1 is 0.625 bits per heavy atom. The molecule has 3 aliphatic rings. The molecular formula is C16H24. The monoisotopic (exact) mass is 216 g/mol. The minimum atomic E-state index is 0.902. The van der Waals surface area contributed by atoms with Crippen LogP contribution in [0.3, 0.4) is 0 Å². The quantitative estimate of drug-likeness (QED) is 0.514. The normalized spacial score (nSPS) is 47.0. The first-order valence-electron chi connectivity index (χ1n) is 7.30. The van der Waals surface area contributed by atoms with Crippen LogP contribution in [0.25, 0.3) is 0 Å². The van der Waals surface area contributed by atoms with Gasteiger partial charge in [0, 0.05) is 0 Å². The van der Waals surface area contributed by atoms with Crippen molar-refractivity contribution in [3.63, 3.8) is 0 Å². The lowest BCUT2D eigenvalue weighted by atomic mass is 9.53. The average molecular weight is 216 g/mol. The zero-order valence-corrected chi connectivity index (χ0v) is 10.3. The SMILES string of the molecule is C1=C\[C@@H]2[C@@H]3/C=C\CCCC[C@@H]3[C@H]2CCCC/1.